The average Bonchev–Trinajstić information content (AvgIpc) is 2.64. The van der Waals surface area contributed by atoms with E-state index in [4.69, 9.17) is 0 Å². The SMILES string of the molecule is Cc1ccc(C)c(C(=O)Nc2ccc(Nc3nc(C)cc(N(C)C)n3)cc2)c1. The van der Waals surface area contributed by atoms with Crippen molar-refractivity contribution in [1.29, 1.82) is 0 Å². The molecule has 2 aromatic carbocycles. The summed E-state index contributed by atoms with van der Waals surface area (Å²) < 4.78 is 0. The minimum absolute atomic E-state index is 0.112. The lowest BCUT2D eigenvalue weighted by molar-refractivity contribution is 0.102. The molecule has 1 amide bonds. The summed E-state index contributed by atoms with van der Waals surface area (Å²) in [7, 11) is 3.89. The molecular formula is C22H25N5O. The number of nitrogens with zero attached hydrogens (tertiary/aromatic N) is 3. The van der Waals surface area contributed by atoms with Crippen LogP contribution in [-0.2, 0) is 0 Å². The van der Waals surface area contributed by atoms with Crippen molar-refractivity contribution in [2.24, 2.45) is 0 Å². The molecule has 0 aliphatic rings. The molecule has 28 heavy (non-hydrogen) atoms. The smallest absolute Gasteiger partial charge is 0.255 e. The maximum Gasteiger partial charge on any atom is 0.255 e. The second-order valence-corrected chi connectivity index (χ2v) is 7.06. The standard InChI is InChI=1S/C22H25N5O/c1-14-6-7-15(2)19(12-14)21(28)24-17-8-10-18(11-9-17)25-22-23-16(3)13-20(26-22)27(4)5/h6-13H,1-5H3,(H,24,28)(H,23,25,26). The van der Waals surface area contributed by atoms with Crippen molar-refractivity contribution in [2.45, 2.75) is 20.8 Å². The van der Waals surface area contributed by atoms with Crippen LogP contribution in [0, 0.1) is 20.8 Å². The third-order valence-corrected chi connectivity index (χ3v) is 4.34. The van der Waals surface area contributed by atoms with Gasteiger partial charge in [0.15, 0.2) is 0 Å². The van der Waals surface area contributed by atoms with E-state index in [0.717, 1.165) is 34.0 Å². The fraction of sp³-hybridized carbons (Fsp3) is 0.227. The number of benzene rings is 2. The van der Waals surface area contributed by atoms with Crippen molar-refractivity contribution >= 4 is 29.0 Å². The largest absolute Gasteiger partial charge is 0.363 e. The zero-order valence-electron chi connectivity index (χ0n) is 16.9. The number of hydrogen-bond acceptors (Lipinski definition) is 5. The van der Waals surface area contributed by atoms with Crippen molar-refractivity contribution in [1.82, 2.24) is 9.97 Å². The van der Waals surface area contributed by atoms with Crippen LogP contribution in [0.15, 0.2) is 48.5 Å². The minimum Gasteiger partial charge on any atom is -0.363 e. The maximum absolute atomic E-state index is 12.6. The summed E-state index contributed by atoms with van der Waals surface area (Å²) in [5.41, 5.74) is 5.17. The van der Waals surface area contributed by atoms with Gasteiger partial charge in [0.05, 0.1) is 0 Å². The zero-order chi connectivity index (χ0) is 20.3. The summed E-state index contributed by atoms with van der Waals surface area (Å²) >= 11 is 0. The number of nitrogens with one attached hydrogen (secondary N) is 2. The molecule has 3 aromatic rings. The fourth-order valence-electron chi connectivity index (χ4n) is 2.78. The molecule has 3 rings (SSSR count). The molecule has 2 N–H and O–H groups in total. The Morgan fingerprint density at radius 3 is 2.25 bits per heavy atom. The zero-order valence-corrected chi connectivity index (χ0v) is 16.9. The number of anilines is 4. The van der Waals surface area contributed by atoms with Gasteiger partial charge in [0, 0.05) is 42.8 Å². The molecule has 0 spiro atoms. The summed E-state index contributed by atoms with van der Waals surface area (Å²) in [5.74, 6) is 1.27. The van der Waals surface area contributed by atoms with Crippen LogP contribution >= 0.6 is 0 Å². The van der Waals surface area contributed by atoms with E-state index in [-0.39, 0.29) is 5.91 Å². The Morgan fingerprint density at radius 1 is 0.893 bits per heavy atom. The van der Waals surface area contributed by atoms with Gasteiger partial charge in [0.25, 0.3) is 5.91 Å². The van der Waals surface area contributed by atoms with Crippen LogP contribution in [0.4, 0.5) is 23.1 Å². The third-order valence-electron chi connectivity index (χ3n) is 4.34. The third kappa shape index (κ3) is 4.65. The van der Waals surface area contributed by atoms with Crippen LogP contribution in [-0.4, -0.2) is 30.0 Å². The second-order valence-electron chi connectivity index (χ2n) is 7.06. The van der Waals surface area contributed by atoms with Crippen molar-refractivity contribution in [3.8, 4) is 0 Å². The molecule has 144 valence electrons. The van der Waals surface area contributed by atoms with Gasteiger partial charge in [-0.05, 0) is 56.7 Å². The van der Waals surface area contributed by atoms with E-state index in [9.17, 15) is 4.79 Å². The predicted molar refractivity (Wildman–Crippen MR) is 115 cm³/mol. The van der Waals surface area contributed by atoms with E-state index in [1.54, 1.807) is 0 Å². The molecule has 1 heterocycles. The molecule has 6 nitrogen and oxygen atoms in total. The van der Waals surface area contributed by atoms with E-state index < -0.39 is 0 Å². The lowest BCUT2D eigenvalue weighted by Crippen LogP contribution is -2.13. The molecule has 0 unspecified atom stereocenters. The summed E-state index contributed by atoms with van der Waals surface area (Å²) in [6.45, 7) is 5.85. The van der Waals surface area contributed by atoms with E-state index in [0.29, 0.717) is 11.5 Å². The first-order valence-electron chi connectivity index (χ1n) is 9.10. The number of carbonyl (C=O) groups excluding carboxylic acids is 1. The normalized spacial score (nSPS) is 10.5. The molecule has 0 radical (unpaired) electrons. The van der Waals surface area contributed by atoms with Gasteiger partial charge in [0.1, 0.15) is 5.82 Å². The van der Waals surface area contributed by atoms with E-state index in [1.807, 2.05) is 88.3 Å². The lowest BCUT2D eigenvalue weighted by atomic mass is 10.1. The molecule has 1 aromatic heterocycles. The van der Waals surface area contributed by atoms with E-state index in [1.165, 1.54) is 0 Å². The number of rotatable bonds is 5. The van der Waals surface area contributed by atoms with Crippen molar-refractivity contribution in [2.75, 3.05) is 29.6 Å². The predicted octanol–water partition coefficient (Wildman–Crippen LogP) is 4.46. The fourth-order valence-corrected chi connectivity index (χ4v) is 2.78. The molecule has 0 fully saturated rings. The monoisotopic (exact) mass is 375 g/mol. The van der Waals surface area contributed by atoms with Crippen LogP contribution in [0.1, 0.15) is 27.2 Å². The van der Waals surface area contributed by atoms with Crippen LogP contribution < -0.4 is 15.5 Å². The highest BCUT2D eigenvalue weighted by Crippen LogP contribution is 2.20. The summed E-state index contributed by atoms with van der Waals surface area (Å²) in [4.78, 5) is 23.4. The van der Waals surface area contributed by atoms with Gasteiger partial charge in [-0.3, -0.25) is 4.79 Å². The molecule has 0 saturated heterocycles. The van der Waals surface area contributed by atoms with Crippen molar-refractivity contribution < 1.29 is 4.79 Å². The summed E-state index contributed by atoms with van der Waals surface area (Å²) in [6, 6.07) is 15.3. The Hall–Kier alpha value is -3.41. The van der Waals surface area contributed by atoms with Gasteiger partial charge >= 0.3 is 0 Å². The van der Waals surface area contributed by atoms with Gasteiger partial charge in [-0.1, -0.05) is 17.7 Å². The topological polar surface area (TPSA) is 70.2 Å². The molecule has 6 heteroatoms. The number of aryl methyl sites for hydroxylation is 3. The highest BCUT2D eigenvalue weighted by Gasteiger charge is 2.10. The summed E-state index contributed by atoms with van der Waals surface area (Å²) in [6.07, 6.45) is 0. The van der Waals surface area contributed by atoms with Crippen LogP contribution in [0.5, 0.6) is 0 Å². The highest BCUT2D eigenvalue weighted by atomic mass is 16.1. The van der Waals surface area contributed by atoms with Gasteiger partial charge < -0.3 is 15.5 Å². The van der Waals surface area contributed by atoms with Crippen LogP contribution in [0.2, 0.25) is 0 Å². The van der Waals surface area contributed by atoms with Crippen LogP contribution in [0.3, 0.4) is 0 Å². The van der Waals surface area contributed by atoms with Gasteiger partial charge in [-0.15, -0.1) is 0 Å². The Morgan fingerprint density at radius 2 is 1.57 bits per heavy atom. The first-order valence-corrected chi connectivity index (χ1v) is 9.10. The van der Waals surface area contributed by atoms with Crippen LogP contribution in [0.25, 0.3) is 0 Å². The van der Waals surface area contributed by atoms with Gasteiger partial charge in [-0.2, -0.15) is 4.98 Å². The van der Waals surface area contributed by atoms with E-state index in [2.05, 4.69) is 20.6 Å². The van der Waals surface area contributed by atoms with Crippen molar-refractivity contribution in [3.05, 3.63) is 70.9 Å². The molecule has 0 bridgehead atoms. The summed E-state index contributed by atoms with van der Waals surface area (Å²) in [5, 5.41) is 6.15. The second kappa shape index (κ2) is 8.08. The molecule has 0 aliphatic heterocycles. The number of aromatic nitrogens is 2. The Bertz CT molecular complexity index is 996. The Kier molecular flexibility index (Phi) is 5.59. The first-order chi connectivity index (χ1) is 13.3. The molecular weight excluding hydrogens is 350 g/mol. The Labute approximate surface area is 165 Å². The maximum atomic E-state index is 12.6. The lowest BCUT2D eigenvalue weighted by Gasteiger charge is -2.14. The van der Waals surface area contributed by atoms with Gasteiger partial charge in [-0.25, -0.2) is 4.98 Å². The molecule has 0 atom stereocenters. The Balaban J connectivity index is 1.72. The highest BCUT2D eigenvalue weighted by molar-refractivity contribution is 6.05. The van der Waals surface area contributed by atoms with Gasteiger partial charge in [0.2, 0.25) is 5.95 Å². The average molecular weight is 375 g/mol. The number of carbonyl (C=O) groups is 1. The van der Waals surface area contributed by atoms with Crippen molar-refractivity contribution in [3.63, 3.8) is 0 Å². The number of hydrogen-bond donors (Lipinski definition) is 2. The minimum atomic E-state index is -0.112. The molecule has 0 saturated carbocycles. The van der Waals surface area contributed by atoms with E-state index >= 15 is 0 Å². The first kappa shape index (κ1) is 19.4. The quantitative estimate of drug-likeness (QED) is 0.689. The number of amides is 1. The molecule has 0 aliphatic carbocycles.